The zero-order chi connectivity index (χ0) is 27.8. The van der Waals surface area contributed by atoms with Crippen LogP contribution in [-0.2, 0) is 14.3 Å². The minimum atomic E-state index is -1.04. The number of phenols is 1. The van der Waals surface area contributed by atoms with Crippen molar-refractivity contribution < 1.29 is 24.2 Å². The summed E-state index contributed by atoms with van der Waals surface area (Å²) in [5.74, 6) is -1.04. The van der Waals surface area contributed by atoms with Crippen molar-refractivity contribution >= 4 is 23.6 Å². The van der Waals surface area contributed by atoms with Crippen LogP contribution in [0.4, 0.5) is 10.5 Å². The highest BCUT2D eigenvalue weighted by Crippen LogP contribution is 2.28. The van der Waals surface area contributed by atoms with Crippen LogP contribution < -0.4 is 10.6 Å². The van der Waals surface area contributed by atoms with Gasteiger partial charge in [0.2, 0.25) is 5.91 Å². The van der Waals surface area contributed by atoms with E-state index >= 15 is 0 Å². The first-order valence-electron chi connectivity index (χ1n) is 12.8. The average Bonchev–Trinajstić information content (AvgIpc) is 2.81. The van der Waals surface area contributed by atoms with Crippen molar-refractivity contribution in [1.82, 2.24) is 10.2 Å². The number of ether oxygens (including phenoxy) is 1. The lowest BCUT2D eigenvalue weighted by atomic mass is 9.95. The Balaban J connectivity index is 2.52. The van der Waals surface area contributed by atoms with E-state index in [2.05, 4.69) is 10.6 Å². The van der Waals surface area contributed by atoms with E-state index in [1.807, 2.05) is 45.9 Å². The zero-order valence-electron chi connectivity index (χ0n) is 23.0. The highest BCUT2D eigenvalue weighted by molar-refractivity contribution is 5.99. The topological polar surface area (TPSA) is 108 Å². The Hall–Kier alpha value is -3.55. The zero-order valence-corrected chi connectivity index (χ0v) is 23.0. The Morgan fingerprint density at radius 1 is 1.05 bits per heavy atom. The molecule has 8 nitrogen and oxygen atoms in total. The molecule has 0 aliphatic heterocycles. The molecule has 8 heteroatoms. The van der Waals surface area contributed by atoms with Gasteiger partial charge in [-0.2, -0.15) is 0 Å². The van der Waals surface area contributed by atoms with Gasteiger partial charge in [0.25, 0.3) is 5.91 Å². The van der Waals surface area contributed by atoms with E-state index in [-0.39, 0.29) is 18.2 Å². The predicted molar refractivity (Wildman–Crippen MR) is 145 cm³/mol. The number of anilines is 1. The molecule has 37 heavy (non-hydrogen) atoms. The van der Waals surface area contributed by atoms with Crippen molar-refractivity contribution in [1.29, 1.82) is 0 Å². The quantitative estimate of drug-likeness (QED) is 0.387. The first-order valence-corrected chi connectivity index (χ1v) is 12.8. The van der Waals surface area contributed by atoms with Crippen LogP contribution in [0.1, 0.15) is 71.6 Å². The molecule has 0 heterocycles. The number of hydrogen-bond acceptors (Lipinski definition) is 5. The lowest BCUT2D eigenvalue weighted by molar-refractivity contribution is -0.141. The fraction of sp³-hybridized carbons (Fsp3) is 0.483. The number of benzene rings is 2. The molecule has 0 aliphatic carbocycles. The molecule has 0 spiro atoms. The maximum atomic E-state index is 14.1. The smallest absolute Gasteiger partial charge is 0.408 e. The minimum Gasteiger partial charge on any atom is -0.508 e. The van der Waals surface area contributed by atoms with Gasteiger partial charge in [-0.3, -0.25) is 9.59 Å². The average molecular weight is 512 g/mol. The van der Waals surface area contributed by atoms with Crippen LogP contribution in [0.2, 0.25) is 0 Å². The van der Waals surface area contributed by atoms with Gasteiger partial charge in [0, 0.05) is 12.2 Å². The van der Waals surface area contributed by atoms with Crippen LogP contribution in [0.15, 0.2) is 48.5 Å². The number of rotatable bonds is 10. The number of aryl methyl sites for hydroxylation is 1. The highest BCUT2D eigenvalue weighted by Gasteiger charge is 2.38. The van der Waals surface area contributed by atoms with E-state index in [9.17, 15) is 19.5 Å². The molecule has 202 valence electrons. The van der Waals surface area contributed by atoms with Crippen LogP contribution >= 0.6 is 0 Å². The first kappa shape index (κ1) is 29.7. The minimum absolute atomic E-state index is 0.0135. The normalized spacial score (nSPS) is 13.7. The fourth-order valence-electron chi connectivity index (χ4n) is 3.99. The Morgan fingerprint density at radius 3 is 2.30 bits per heavy atom. The number of nitrogens with zero attached hydrogens (tertiary/aromatic N) is 1. The summed E-state index contributed by atoms with van der Waals surface area (Å²) >= 11 is 0. The number of alkyl carbamates (subject to hydrolysis) is 1. The summed E-state index contributed by atoms with van der Waals surface area (Å²) in [4.78, 5) is 42.0. The van der Waals surface area contributed by atoms with Crippen molar-refractivity contribution in [2.45, 2.75) is 79.0 Å². The number of carbonyl (C=O) groups is 3. The summed E-state index contributed by atoms with van der Waals surface area (Å²) in [6, 6.07) is 11.8. The molecule has 0 bridgehead atoms. The number of nitrogens with one attached hydrogen (secondary N) is 2. The summed E-state index contributed by atoms with van der Waals surface area (Å²) in [5.41, 5.74) is 1.25. The van der Waals surface area contributed by atoms with Gasteiger partial charge in [-0.25, -0.2) is 4.79 Å². The molecule has 3 amide bonds. The number of hydrogen-bond donors (Lipinski definition) is 3. The van der Waals surface area contributed by atoms with Crippen LogP contribution in [0.5, 0.6) is 5.75 Å². The van der Waals surface area contributed by atoms with E-state index in [0.717, 1.165) is 5.56 Å². The molecule has 0 radical (unpaired) electrons. The second-order valence-corrected chi connectivity index (χ2v) is 10.3. The van der Waals surface area contributed by atoms with Crippen molar-refractivity contribution in [3.8, 4) is 5.75 Å². The second-order valence-electron chi connectivity index (χ2n) is 10.3. The molecular weight excluding hydrogens is 470 g/mol. The van der Waals surface area contributed by atoms with Gasteiger partial charge in [0.05, 0.1) is 0 Å². The molecule has 0 saturated heterocycles. The Bertz CT molecular complexity index is 1080. The lowest BCUT2D eigenvalue weighted by Crippen LogP contribution is -2.54. The molecular formula is C29H41N3O5. The molecule has 0 fully saturated rings. The Labute approximate surface area is 220 Å². The van der Waals surface area contributed by atoms with Gasteiger partial charge in [0.15, 0.2) is 0 Å². The molecule has 0 aromatic heterocycles. The SMILES string of the molecule is CCCN(C(=O)C(NC(=O)OC(C)(C)C)C(C)CC)C(C(=O)Nc1ccccc1C)c1cccc(O)c1. The van der Waals surface area contributed by atoms with Crippen molar-refractivity contribution in [3.63, 3.8) is 0 Å². The third-order valence-electron chi connectivity index (χ3n) is 6.05. The number of aromatic hydroxyl groups is 1. The number of amides is 3. The summed E-state index contributed by atoms with van der Waals surface area (Å²) in [5, 5.41) is 15.9. The van der Waals surface area contributed by atoms with E-state index in [0.29, 0.717) is 24.1 Å². The van der Waals surface area contributed by atoms with E-state index in [1.54, 1.807) is 39.0 Å². The Kier molecular flexibility index (Phi) is 10.5. The maximum Gasteiger partial charge on any atom is 0.408 e. The van der Waals surface area contributed by atoms with Gasteiger partial charge in [0.1, 0.15) is 23.4 Å². The molecule has 2 aromatic carbocycles. The van der Waals surface area contributed by atoms with Crippen molar-refractivity contribution in [3.05, 3.63) is 59.7 Å². The molecule has 3 N–H and O–H groups in total. The highest BCUT2D eigenvalue weighted by atomic mass is 16.6. The molecule has 2 aromatic rings. The van der Waals surface area contributed by atoms with E-state index < -0.39 is 35.6 Å². The van der Waals surface area contributed by atoms with E-state index in [4.69, 9.17) is 4.74 Å². The largest absolute Gasteiger partial charge is 0.508 e. The van der Waals surface area contributed by atoms with Crippen molar-refractivity contribution in [2.24, 2.45) is 5.92 Å². The van der Waals surface area contributed by atoms with E-state index in [1.165, 1.54) is 17.0 Å². The summed E-state index contributed by atoms with van der Waals surface area (Å²) in [6.45, 7) is 13.1. The van der Waals surface area contributed by atoms with Crippen LogP contribution in [0, 0.1) is 12.8 Å². The van der Waals surface area contributed by atoms with Gasteiger partial charge < -0.3 is 25.4 Å². The van der Waals surface area contributed by atoms with Crippen LogP contribution in [-0.4, -0.2) is 46.1 Å². The van der Waals surface area contributed by atoms with Crippen molar-refractivity contribution in [2.75, 3.05) is 11.9 Å². The molecule has 3 unspecified atom stereocenters. The third kappa shape index (κ3) is 8.51. The molecule has 2 rings (SSSR count). The third-order valence-corrected chi connectivity index (χ3v) is 6.05. The second kappa shape index (κ2) is 13.1. The molecule has 0 saturated carbocycles. The number of phenolic OH excluding ortho intramolecular Hbond substituents is 1. The monoisotopic (exact) mass is 511 g/mol. The summed E-state index contributed by atoms with van der Waals surface area (Å²) in [7, 11) is 0. The maximum absolute atomic E-state index is 14.1. The summed E-state index contributed by atoms with van der Waals surface area (Å²) in [6.07, 6.45) is 0.511. The molecule has 3 atom stereocenters. The number of para-hydroxylation sites is 1. The van der Waals surface area contributed by atoms with Crippen LogP contribution in [0.3, 0.4) is 0 Å². The van der Waals surface area contributed by atoms with Crippen LogP contribution in [0.25, 0.3) is 0 Å². The molecule has 0 aliphatic rings. The van der Waals surface area contributed by atoms with Gasteiger partial charge >= 0.3 is 6.09 Å². The van der Waals surface area contributed by atoms with Gasteiger partial charge in [-0.15, -0.1) is 0 Å². The fourth-order valence-corrected chi connectivity index (χ4v) is 3.99. The van der Waals surface area contributed by atoms with Gasteiger partial charge in [-0.05, 0) is 69.4 Å². The predicted octanol–water partition coefficient (Wildman–Crippen LogP) is 5.56. The Morgan fingerprint density at radius 2 is 1.73 bits per heavy atom. The number of carbonyl (C=O) groups excluding carboxylic acids is 3. The first-order chi connectivity index (χ1) is 17.4. The lowest BCUT2D eigenvalue weighted by Gasteiger charge is -2.36. The summed E-state index contributed by atoms with van der Waals surface area (Å²) < 4.78 is 5.42. The van der Waals surface area contributed by atoms with Gasteiger partial charge in [-0.1, -0.05) is 57.5 Å². The standard InChI is InChI=1S/C29H41N3O5/c1-8-17-32(27(35)24(19(3)9-2)31-28(36)37-29(5,6)7)25(21-14-12-15-22(33)18-21)26(34)30-23-16-11-10-13-20(23)4/h10-16,18-19,24-25,33H,8-9,17H2,1-7H3,(H,30,34)(H,31,36).